The van der Waals surface area contributed by atoms with Crippen LogP contribution in [0.4, 0.5) is 27.5 Å². The number of rotatable bonds is 5. The fraction of sp³-hybridized carbons (Fsp3) is 0.375. The topological polar surface area (TPSA) is 60.4 Å². The molecule has 32 heavy (non-hydrogen) atoms. The van der Waals surface area contributed by atoms with Crippen molar-refractivity contribution < 1.29 is 4.39 Å². The summed E-state index contributed by atoms with van der Waals surface area (Å²) >= 11 is 0. The zero-order valence-corrected chi connectivity index (χ0v) is 18.3. The van der Waals surface area contributed by atoms with Gasteiger partial charge in [-0.3, -0.25) is 0 Å². The van der Waals surface area contributed by atoms with E-state index in [9.17, 15) is 4.39 Å². The molecular formula is C24H28FN7. The predicted molar refractivity (Wildman–Crippen MR) is 125 cm³/mol. The van der Waals surface area contributed by atoms with Crippen molar-refractivity contribution in [3.8, 4) is 0 Å². The number of likely N-dealkylation sites (N-methyl/N-ethyl adjacent to an activating group) is 1. The van der Waals surface area contributed by atoms with Crippen LogP contribution < -0.4 is 15.1 Å². The van der Waals surface area contributed by atoms with Crippen molar-refractivity contribution in [3.63, 3.8) is 0 Å². The largest absolute Gasteiger partial charge is 0.368 e. The van der Waals surface area contributed by atoms with E-state index in [4.69, 9.17) is 0 Å². The third kappa shape index (κ3) is 4.50. The van der Waals surface area contributed by atoms with E-state index in [1.807, 2.05) is 30.5 Å². The second kappa shape index (κ2) is 9.08. The lowest BCUT2D eigenvalue weighted by atomic mass is 10.0. The van der Waals surface area contributed by atoms with Gasteiger partial charge in [-0.1, -0.05) is 12.1 Å². The van der Waals surface area contributed by atoms with Crippen LogP contribution in [0.2, 0.25) is 0 Å². The lowest BCUT2D eigenvalue weighted by Crippen LogP contribution is -2.44. The summed E-state index contributed by atoms with van der Waals surface area (Å²) in [4.78, 5) is 20.5. The Kier molecular flexibility index (Phi) is 5.85. The smallest absolute Gasteiger partial charge is 0.137 e. The minimum Gasteiger partial charge on any atom is -0.368 e. The Morgan fingerprint density at radius 3 is 2.47 bits per heavy atom. The molecule has 0 spiro atoms. The summed E-state index contributed by atoms with van der Waals surface area (Å²) in [5.41, 5.74) is 2.25. The number of hydrogen-bond acceptors (Lipinski definition) is 7. The van der Waals surface area contributed by atoms with Gasteiger partial charge in [-0.2, -0.15) is 0 Å². The summed E-state index contributed by atoms with van der Waals surface area (Å²) in [7, 11) is 2.16. The summed E-state index contributed by atoms with van der Waals surface area (Å²) in [5.74, 6) is 2.12. The number of benzene rings is 1. The third-order valence-corrected chi connectivity index (χ3v) is 6.33. The van der Waals surface area contributed by atoms with Gasteiger partial charge in [0.25, 0.3) is 0 Å². The molecule has 2 aliphatic heterocycles. The molecule has 2 aromatic heterocycles. The number of pyridine rings is 1. The van der Waals surface area contributed by atoms with Gasteiger partial charge in [0.15, 0.2) is 0 Å². The standard InChI is InChI=1S/C24H28FN7/c1-30-11-13-31(14-12-30)20-8-9-22(26-16-20)29-23-15-24(28-17-27-23)32-10-2-3-21(32)18-4-6-19(25)7-5-18/h4-9,15-17,21H,2-3,10-14H2,1H3,(H,26,27,28,29). The molecule has 2 saturated heterocycles. The van der Waals surface area contributed by atoms with E-state index in [2.05, 4.69) is 48.1 Å². The van der Waals surface area contributed by atoms with Gasteiger partial charge in [0.2, 0.25) is 0 Å². The van der Waals surface area contributed by atoms with E-state index in [1.54, 1.807) is 6.33 Å². The summed E-state index contributed by atoms with van der Waals surface area (Å²) < 4.78 is 13.3. The number of nitrogens with one attached hydrogen (secondary N) is 1. The third-order valence-electron chi connectivity index (χ3n) is 6.33. The van der Waals surface area contributed by atoms with Crippen molar-refractivity contribution >= 4 is 23.1 Å². The second-order valence-electron chi connectivity index (χ2n) is 8.48. The first-order chi connectivity index (χ1) is 15.7. The zero-order chi connectivity index (χ0) is 21.9. The Balaban J connectivity index is 1.28. The molecule has 7 nitrogen and oxygen atoms in total. The van der Waals surface area contributed by atoms with Gasteiger partial charge >= 0.3 is 0 Å². The van der Waals surface area contributed by atoms with Crippen molar-refractivity contribution in [2.24, 2.45) is 0 Å². The van der Waals surface area contributed by atoms with Gasteiger partial charge in [-0.05, 0) is 49.7 Å². The summed E-state index contributed by atoms with van der Waals surface area (Å²) in [6.45, 7) is 5.09. The van der Waals surface area contributed by atoms with Crippen molar-refractivity contribution in [2.45, 2.75) is 18.9 Å². The highest BCUT2D eigenvalue weighted by Gasteiger charge is 2.27. The quantitative estimate of drug-likeness (QED) is 0.656. The highest BCUT2D eigenvalue weighted by molar-refractivity contribution is 5.59. The van der Waals surface area contributed by atoms with Gasteiger partial charge in [0.1, 0.15) is 29.6 Å². The Labute approximate surface area is 187 Å². The van der Waals surface area contributed by atoms with E-state index in [-0.39, 0.29) is 11.9 Å². The van der Waals surface area contributed by atoms with E-state index in [0.717, 1.165) is 68.5 Å². The Bertz CT molecular complexity index is 1030. The van der Waals surface area contributed by atoms with E-state index in [1.165, 1.54) is 12.1 Å². The molecule has 8 heteroatoms. The summed E-state index contributed by atoms with van der Waals surface area (Å²) in [6.07, 6.45) is 5.59. The minimum absolute atomic E-state index is 0.194. The van der Waals surface area contributed by atoms with Gasteiger partial charge in [0.05, 0.1) is 17.9 Å². The van der Waals surface area contributed by atoms with Crippen LogP contribution in [0, 0.1) is 5.82 Å². The van der Waals surface area contributed by atoms with Crippen LogP contribution >= 0.6 is 0 Å². The van der Waals surface area contributed by atoms with Crippen LogP contribution in [-0.2, 0) is 0 Å². The predicted octanol–water partition coefficient (Wildman–Crippen LogP) is 3.85. The maximum atomic E-state index is 13.3. The van der Waals surface area contributed by atoms with Crippen LogP contribution in [0.25, 0.3) is 0 Å². The lowest BCUT2D eigenvalue weighted by Gasteiger charge is -2.33. The highest BCUT2D eigenvalue weighted by Crippen LogP contribution is 2.35. The minimum atomic E-state index is -0.210. The average Bonchev–Trinajstić information content (AvgIpc) is 3.31. The molecule has 166 valence electrons. The SMILES string of the molecule is CN1CCN(c2ccc(Nc3cc(N4CCCC4c4ccc(F)cc4)ncn3)nc2)CC1. The van der Waals surface area contributed by atoms with Gasteiger partial charge in [0, 0.05) is 38.8 Å². The number of halogens is 1. The zero-order valence-electron chi connectivity index (χ0n) is 18.3. The first-order valence-electron chi connectivity index (χ1n) is 11.2. The van der Waals surface area contributed by atoms with Crippen LogP contribution in [-0.4, -0.2) is 59.6 Å². The molecule has 0 saturated carbocycles. The van der Waals surface area contributed by atoms with E-state index >= 15 is 0 Å². The number of anilines is 4. The molecule has 1 unspecified atom stereocenters. The molecule has 1 N–H and O–H groups in total. The van der Waals surface area contributed by atoms with Crippen molar-refractivity contribution in [3.05, 3.63) is 66.4 Å². The van der Waals surface area contributed by atoms with Crippen LogP contribution in [0.15, 0.2) is 55.0 Å². The molecule has 0 bridgehead atoms. The van der Waals surface area contributed by atoms with Crippen LogP contribution in [0.5, 0.6) is 0 Å². The van der Waals surface area contributed by atoms with Crippen LogP contribution in [0.1, 0.15) is 24.4 Å². The first kappa shape index (κ1) is 20.6. The Morgan fingerprint density at radius 2 is 1.72 bits per heavy atom. The molecule has 2 aliphatic rings. The number of aromatic nitrogens is 3. The van der Waals surface area contributed by atoms with Gasteiger partial charge in [-0.25, -0.2) is 19.3 Å². The Hall–Kier alpha value is -3.26. The molecule has 3 aromatic rings. The molecule has 1 aromatic carbocycles. The van der Waals surface area contributed by atoms with Crippen LogP contribution in [0.3, 0.4) is 0 Å². The molecule has 4 heterocycles. The van der Waals surface area contributed by atoms with Gasteiger partial charge in [-0.15, -0.1) is 0 Å². The van der Waals surface area contributed by atoms with Crippen molar-refractivity contribution in [1.82, 2.24) is 19.9 Å². The number of piperazine rings is 1. The Morgan fingerprint density at radius 1 is 0.906 bits per heavy atom. The van der Waals surface area contributed by atoms with E-state index < -0.39 is 0 Å². The normalized spacial score (nSPS) is 19.4. The lowest BCUT2D eigenvalue weighted by molar-refractivity contribution is 0.313. The number of nitrogens with zero attached hydrogens (tertiary/aromatic N) is 6. The molecule has 5 rings (SSSR count). The molecular weight excluding hydrogens is 405 g/mol. The fourth-order valence-electron chi connectivity index (χ4n) is 4.49. The maximum absolute atomic E-state index is 13.3. The first-order valence-corrected chi connectivity index (χ1v) is 11.2. The number of hydrogen-bond donors (Lipinski definition) is 1. The van der Waals surface area contributed by atoms with Crippen molar-refractivity contribution in [2.75, 3.05) is 54.9 Å². The fourth-order valence-corrected chi connectivity index (χ4v) is 4.49. The monoisotopic (exact) mass is 433 g/mol. The molecule has 1 atom stereocenters. The molecule has 0 amide bonds. The second-order valence-corrected chi connectivity index (χ2v) is 8.48. The van der Waals surface area contributed by atoms with Gasteiger partial charge < -0.3 is 20.0 Å². The maximum Gasteiger partial charge on any atom is 0.137 e. The molecule has 0 aliphatic carbocycles. The average molecular weight is 434 g/mol. The van der Waals surface area contributed by atoms with Crippen molar-refractivity contribution in [1.29, 1.82) is 0 Å². The summed E-state index contributed by atoms with van der Waals surface area (Å²) in [5, 5.41) is 3.30. The molecule has 2 fully saturated rings. The molecule has 0 radical (unpaired) electrons. The highest BCUT2D eigenvalue weighted by atomic mass is 19.1. The van der Waals surface area contributed by atoms with E-state index in [0.29, 0.717) is 5.82 Å². The summed E-state index contributed by atoms with van der Waals surface area (Å²) in [6, 6.07) is 13.0.